The van der Waals surface area contributed by atoms with Crippen LogP contribution in [0.25, 0.3) is 6.08 Å². The van der Waals surface area contributed by atoms with Gasteiger partial charge in [0.25, 0.3) is 11.8 Å². The molecule has 0 aromatic heterocycles. The molecule has 0 aliphatic carbocycles. The van der Waals surface area contributed by atoms with Crippen LogP contribution in [0.2, 0.25) is 0 Å². The maximum absolute atomic E-state index is 11.8. The number of carboxylic acid groups (broad SMARTS) is 1. The highest BCUT2D eigenvalue weighted by Crippen LogP contribution is 2.22. The van der Waals surface area contributed by atoms with Gasteiger partial charge in [0.1, 0.15) is 13.2 Å². The zero-order valence-electron chi connectivity index (χ0n) is 10.8. The minimum Gasteiger partial charge on any atom is -0.478 e. The van der Waals surface area contributed by atoms with Gasteiger partial charge in [0.2, 0.25) is 0 Å². The number of aryl methyl sites for hydroxylation is 1. The van der Waals surface area contributed by atoms with Gasteiger partial charge in [0.05, 0.1) is 5.69 Å². The van der Waals surface area contributed by atoms with Crippen molar-refractivity contribution in [3.63, 3.8) is 0 Å². The van der Waals surface area contributed by atoms with E-state index in [9.17, 15) is 14.4 Å². The van der Waals surface area contributed by atoms with Crippen molar-refractivity contribution in [1.29, 1.82) is 0 Å². The van der Waals surface area contributed by atoms with Crippen LogP contribution in [0.5, 0.6) is 0 Å². The SMILES string of the molecule is Cc1cc(/C=C/C(=O)O)cc(N2C(=O)COCC2=O)c1. The molecule has 1 aromatic rings. The summed E-state index contributed by atoms with van der Waals surface area (Å²) in [7, 11) is 0. The molecular formula is C14H13NO5. The molecule has 2 rings (SSSR count). The van der Waals surface area contributed by atoms with E-state index in [1.165, 1.54) is 6.08 Å². The zero-order chi connectivity index (χ0) is 14.7. The van der Waals surface area contributed by atoms with Crippen molar-refractivity contribution >= 4 is 29.5 Å². The first kappa shape index (κ1) is 14.0. The van der Waals surface area contributed by atoms with Crippen molar-refractivity contribution in [1.82, 2.24) is 0 Å². The summed E-state index contributed by atoms with van der Waals surface area (Å²) >= 11 is 0. The Kier molecular flexibility index (Phi) is 3.95. The van der Waals surface area contributed by atoms with Crippen LogP contribution in [0, 0.1) is 6.92 Å². The number of nitrogens with zero attached hydrogens (tertiary/aromatic N) is 1. The molecule has 1 heterocycles. The molecule has 2 amide bonds. The van der Waals surface area contributed by atoms with E-state index >= 15 is 0 Å². The fourth-order valence-corrected chi connectivity index (χ4v) is 1.97. The zero-order valence-corrected chi connectivity index (χ0v) is 10.8. The van der Waals surface area contributed by atoms with Gasteiger partial charge < -0.3 is 9.84 Å². The average molecular weight is 275 g/mol. The molecule has 104 valence electrons. The number of benzene rings is 1. The van der Waals surface area contributed by atoms with Crippen molar-refractivity contribution in [3.05, 3.63) is 35.4 Å². The van der Waals surface area contributed by atoms with E-state index in [4.69, 9.17) is 9.84 Å². The maximum Gasteiger partial charge on any atom is 0.328 e. The van der Waals surface area contributed by atoms with Crippen LogP contribution in [0.3, 0.4) is 0 Å². The van der Waals surface area contributed by atoms with E-state index in [2.05, 4.69) is 0 Å². The van der Waals surface area contributed by atoms with Crippen molar-refractivity contribution in [3.8, 4) is 0 Å². The van der Waals surface area contributed by atoms with Gasteiger partial charge in [-0.3, -0.25) is 9.59 Å². The Morgan fingerprint density at radius 1 is 1.25 bits per heavy atom. The van der Waals surface area contributed by atoms with Crippen LogP contribution >= 0.6 is 0 Å². The van der Waals surface area contributed by atoms with Crippen LogP contribution in [-0.4, -0.2) is 36.1 Å². The van der Waals surface area contributed by atoms with Gasteiger partial charge in [0, 0.05) is 6.08 Å². The van der Waals surface area contributed by atoms with Gasteiger partial charge in [-0.25, -0.2) is 9.69 Å². The Bertz CT molecular complexity index is 590. The maximum atomic E-state index is 11.8. The van der Waals surface area contributed by atoms with Crippen LogP contribution in [-0.2, 0) is 19.1 Å². The number of ether oxygens (including phenoxy) is 1. The summed E-state index contributed by atoms with van der Waals surface area (Å²) in [6.07, 6.45) is 2.41. The second-order valence-corrected chi connectivity index (χ2v) is 4.39. The fraction of sp³-hybridized carbons (Fsp3) is 0.214. The number of carbonyl (C=O) groups is 3. The summed E-state index contributed by atoms with van der Waals surface area (Å²) in [5.74, 6) is -1.92. The molecule has 0 radical (unpaired) electrons. The van der Waals surface area contributed by atoms with E-state index in [1.54, 1.807) is 25.1 Å². The van der Waals surface area contributed by atoms with E-state index in [1.807, 2.05) is 0 Å². The molecule has 6 heteroatoms. The summed E-state index contributed by atoms with van der Waals surface area (Å²) < 4.78 is 4.85. The molecule has 0 atom stereocenters. The number of hydrogen-bond donors (Lipinski definition) is 1. The third-order valence-electron chi connectivity index (χ3n) is 2.71. The van der Waals surface area contributed by atoms with Gasteiger partial charge in [-0.05, 0) is 36.3 Å². The van der Waals surface area contributed by atoms with Crippen LogP contribution < -0.4 is 4.90 Å². The lowest BCUT2D eigenvalue weighted by Crippen LogP contribution is -2.46. The number of hydrogen-bond acceptors (Lipinski definition) is 4. The molecule has 1 saturated heterocycles. The number of amides is 2. The summed E-state index contributed by atoms with van der Waals surface area (Å²) in [6.45, 7) is 1.52. The third kappa shape index (κ3) is 3.10. The number of rotatable bonds is 3. The molecule has 20 heavy (non-hydrogen) atoms. The van der Waals surface area contributed by atoms with Crippen LogP contribution in [0.15, 0.2) is 24.3 Å². The van der Waals surface area contributed by atoms with Gasteiger partial charge >= 0.3 is 5.97 Å². The number of imide groups is 1. The number of carbonyl (C=O) groups excluding carboxylic acids is 2. The minimum absolute atomic E-state index is 0.139. The minimum atomic E-state index is -1.06. The second-order valence-electron chi connectivity index (χ2n) is 4.39. The van der Waals surface area contributed by atoms with E-state index < -0.39 is 17.8 Å². The van der Waals surface area contributed by atoms with E-state index in [0.29, 0.717) is 11.3 Å². The summed E-state index contributed by atoms with van der Waals surface area (Å²) in [5.41, 5.74) is 1.85. The topological polar surface area (TPSA) is 83.9 Å². The van der Waals surface area contributed by atoms with Gasteiger partial charge in [-0.2, -0.15) is 0 Å². The summed E-state index contributed by atoms with van der Waals surface area (Å²) in [4.78, 5) is 35.1. The molecule has 1 fully saturated rings. The first-order chi connectivity index (χ1) is 9.47. The first-order valence-electron chi connectivity index (χ1n) is 5.93. The quantitative estimate of drug-likeness (QED) is 0.656. The van der Waals surface area contributed by atoms with Crippen LogP contribution in [0.4, 0.5) is 5.69 Å². The lowest BCUT2D eigenvalue weighted by Gasteiger charge is -2.25. The summed E-state index contributed by atoms with van der Waals surface area (Å²) in [5, 5.41) is 8.62. The smallest absolute Gasteiger partial charge is 0.328 e. The number of morpholine rings is 1. The van der Waals surface area contributed by atoms with E-state index in [0.717, 1.165) is 16.5 Å². The van der Waals surface area contributed by atoms with Crippen molar-refractivity contribution in [2.75, 3.05) is 18.1 Å². The Balaban J connectivity index is 2.38. The lowest BCUT2D eigenvalue weighted by atomic mass is 10.1. The Hall–Kier alpha value is -2.47. The molecule has 0 spiro atoms. The molecule has 6 nitrogen and oxygen atoms in total. The fourth-order valence-electron chi connectivity index (χ4n) is 1.97. The highest BCUT2D eigenvalue weighted by Gasteiger charge is 2.28. The van der Waals surface area contributed by atoms with Gasteiger partial charge in [-0.15, -0.1) is 0 Å². The number of anilines is 1. The molecule has 1 aliphatic heterocycles. The standard InChI is InChI=1S/C14H13NO5/c1-9-4-10(2-3-14(18)19)6-11(5-9)15-12(16)7-20-8-13(15)17/h2-6H,7-8H2,1H3,(H,18,19)/b3-2+. The van der Waals surface area contributed by atoms with Gasteiger partial charge in [-0.1, -0.05) is 6.07 Å². The lowest BCUT2D eigenvalue weighted by molar-refractivity contribution is -0.138. The molecule has 1 N–H and O–H groups in total. The van der Waals surface area contributed by atoms with Crippen molar-refractivity contribution < 1.29 is 24.2 Å². The summed E-state index contributed by atoms with van der Waals surface area (Å²) in [6, 6.07) is 5.05. The highest BCUT2D eigenvalue weighted by atomic mass is 16.5. The highest BCUT2D eigenvalue weighted by molar-refractivity contribution is 6.17. The van der Waals surface area contributed by atoms with Gasteiger partial charge in [0.15, 0.2) is 0 Å². The molecule has 0 saturated carbocycles. The Morgan fingerprint density at radius 2 is 1.90 bits per heavy atom. The first-order valence-corrected chi connectivity index (χ1v) is 5.93. The normalized spacial score (nSPS) is 15.9. The third-order valence-corrected chi connectivity index (χ3v) is 2.71. The predicted molar refractivity (Wildman–Crippen MR) is 71.2 cm³/mol. The second kappa shape index (κ2) is 5.66. The molecule has 0 unspecified atom stereocenters. The predicted octanol–water partition coefficient (Wildman–Crippen LogP) is 0.983. The largest absolute Gasteiger partial charge is 0.478 e. The molecule has 1 aliphatic rings. The number of carboxylic acids is 1. The average Bonchev–Trinajstić information content (AvgIpc) is 2.35. The Morgan fingerprint density at radius 3 is 2.50 bits per heavy atom. The van der Waals surface area contributed by atoms with Crippen LogP contribution in [0.1, 0.15) is 11.1 Å². The Labute approximate surface area is 115 Å². The van der Waals surface area contributed by atoms with Crippen molar-refractivity contribution in [2.45, 2.75) is 6.92 Å². The van der Waals surface area contributed by atoms with E-state index in [-0.39, 0.29) is 13.2 Å². The molecule has 0 bridgehead atoms. The van der Waals surface area contributed by atoms with Crippen molar-refractivity contribution in [2.24, 2.45) is 0 Å². The number of aliphatic carboxylic acids is 1. The molecular weight excluding hydrogens is 262 g/mol. The molecule has 1 aromatic carbocycles. The monoisotopic (exact) mass is 275 g/mol.